The van der Waals surface area contributed by atoms with Crippen LogP contribution in [-0.4, -0.2) is 31.5 Å². The molecule has 0 aliphatic carbocycles. The molecule has 100 valence electrons. The predicted octanol–water partition coefficient (Wildman–Crippen LogP) is 2.38. The van der Waals surface area contributed by atoms with Crippen LogP contribution in [0.15, 0.2) is 6.07 Å². The molecule has 0 aromatic carbocycles. The molecule has 0 radical (unpaired) electrons. The number of hydrogen-bond acceptors (Lipinski definition) is 5. The quantitative estimate of drug-likeness (QED) is 0.598. The summed E-state index contributed by atoms with van der Waals surface area (Å²) in [4.78, 5) is 14.8. The van der Waals surface area contributed by atoms with Gasteiger partial charge in [-0.2, -0.15) is 4.98 Å². The number of hydrogen-bond donors (Lipinski definition) is 0. The van der Waals surface area contributed by atoms with Crippen molar-refractivity contribution >= 4 is 28.6 Å². The van der Waals surface area contributed by atoms with Gasteiger partial charge in [0.1, 0.15) is 5.56 Å². The lowest BCUT2D eigenvalue weighted by atomic mass is 10.3. The van der Waals surface area contributed by atoms with Crippen LogP contribution < -0.4 is 9.47 Å². The minimum Gasteiger partial charge on any atom is -0.480 e. The van der Waals surface area contributed by atoms with Gasteiger partial charge < -0.3 is 14.2 Å². The molecule has 0 aliphatic heterocycles. The van der Waals surface area contributed by atoms with Crippen LogP contribution in [0, 0.1) is 3.57 Å². The van der Waals surface area contributed by atoms with Crippen molar-refractivity contribution in [2.45, 2.75) is 6.36 Å². The summed E-state index contributed by atoms with van der Waals surface area (Å²) in [5.41, 5.74) is -0.431. The van der Waals surface area contributed by atoms with E-state index in [9.17, 15) is 18.0 Å². The summed E-state index contributed by atoms with van der Waals surface area (Å²) >= 11 is 1.76. The number of carbonyl (C=O) groups is 1. The van der Waals surface area contributed by atoms with Crippen LogP contribution >= 0.6 is 22.6 Å². The Morgan fingerprint density at radius 2 is 1.94 bits per heavy atom. The number of halogens is 4. The summed E-state index contributed by atoms with van der Waals surface area (Å²) in [6.45, 7) is 0. The number of rotatable bonds is 3. The lowest BCUT2D eigenvalue weighted by Gasteiger charge is -2.13. The molecule has 1 heterocycles. The number of pyridine rings is 1. The molecule has 0 aliphatic rings. The highest BCUT2D eigenvalue weighted by molar-refractivity contribution is 14.1. The van der Waals surface area contributed by atoms with E-state index in [0.29, 0.717) is 3.57 Å². The monoisotopic (exact) mass is 377 g/mol. The maximum Gasteiger partial charge on any atom is 0.574 e. The van der Waals surface area contributed by atoms with Gasteiger partial charge in [-0.25, -0.2) is 4.79 Å². The van der Waals surface area contributed by atoms with Gasteiger partial charge in [0.25, 0.3) is 0 Å². The van der Waals surface area contributed by atoms with Crippen LogP contribution in [0.25, 0.3) is 0 Å². The lowest BCUT2D eigenvalue weighted by Crippen LogP contribution is -2.20. The molecule has 5 nitrogen and oxygen atoms in total. The fourth-order valence-corrected chi connectivity index (χ4v) is 1.70. The third kappa shape index (κ3) is 3.62. The molecule has 0 fully saturated rings. The van der Waals surface area contributed by atoms with E-state index >= 15 is 0 Å². The molecule has 9 heteroatoms. The Balaban J connectivity index is 3.30. The Labute approximate surface area is 113 Å². The topological polar surface area (TPSA) is 57.7 Å². The van der Waals surface area contributed by atoms with E-state index in [1.54, 1.807) is 22.6 Å². The Bertz CT molecular complexity index is 464. The average molecular weight is 377 g/mol. The Morgan fingerprint density at radius 3 is 2.39 bits per heavy atom. The number of nitrogens with zero attached hydrogens (tertiary/aromatic N) is 1. The van der Waals surface area contributed by atoms with Crippen LogP contribution in [0.1, 0.15) is 10.4 Å². The van der Waals surface area contributed by atoms with Crippen LogP contribution in [0.2, 0.25) is 0 Å². The van der Waals surface area contributed by atoms with Crippen molar-refractivity contribution in [2.75, 3.05) is 14.2 Å². The molecule has 0 saturated carbocycles. The zero-order valence-corrected chi connectivity index (χ0v) is 11.3. The number of alkyl halides is 3. The average Bonchev–Trinajstić information content (AvgIpc) is 2.28. The molecule has 18 heavy (non-hydrogen) atoms. The van der Waals surface area contributed by atoms with Crippen LogP contribution in [0.5, 0.6) is 11.8 Å². The molecule has 0 saturated heterocycles. The summed E-state index contributed by atoms with van der Waals surface area (Å²) in [7, 11) is 2.27. The van der Waals surface area contributed by atoms with Crippen molar-refractivity contribution in [1.29, 1.82) is 0 Å². The molecule has 0 atom stereocenters. The minimum absolute atomic E-state index is 0.0810. The number of aromatic nitrogens is 1. The Morgan fingerprint density at radius 1 is 1.33 bits per heavy atom. The maximum absolute atomic E-state index is 12.2. The van der Waals surface area contributed by atoms with Crippen molar-refractivity contribution in [3.63, 3.8) is 0 Å². The molecule has 1 rings (SSSR count). The molecule has 1 aromatic heterocycles. The highest BCUT2D eigenvalue weighted by atomic mass is 127. The number of esters is 1. The molecule has 1 aromatic rings. The van der Waals surface area contributed by atoms with E-state index < -0.39 is 23.8 Å². The van der Waals surface area contributed by atoms with Crippen LogP contribution in [-0.2, 0) is 4.74 Å². The predicted molar refractivity (Wildman–Crippen MR) is 61.5 cm³/mol. The fraction of sp³-hybridized carbons (Fsp3) is 0.333. The molecule has 0 spiro atoms. The number of ether oxygens (including phenoxy) is 3. The fourth-order valence-electron chi connectivity index (χ4n) is 1.04. The smallest absolute Gasteiger partial charge is 0.480 e. The van der Waals surface area contributed by atoms with Gasteiger partial charge in [0.05, 0.1) is 17.8 Å². The van der Waals surface area contributed by atoms with E-state index in [1.807, 2.05) is 0 Å². The SMILES string of the molecule is COC(=O)c1cc(I)c(OC)nc1OC(F)(F)F. The first kappa shape index (κ1) is 14.8. The van der Waals surface area contributed by atoms with Crippen molar-refractivity contribution in [2.24, 2.45) is 0 Å². The summed E-state index contributed by atoms with van der Waals surface area (Å²) in [6.07, 6.45) is -4.96. The second kappa shape index (κ2) is 5.59. The van der Waals surface area contributed by atoms with Gasteiger partial charge in [-0.15, -0.1) is 13.2 Å². The molecule has 0 bridgehead atoms. The zero-order chi connectivity index (χ0) is 13.9. The highest BCUT2D eigenvalue weighted by Gasteiger charge is 2.34. The van der Waals surface area contributed by atoms with Crippen molar-refractivity contribution < 1.29 is 32.2 Å². The standard InChI is InChI=1S/C9H7F3INO4/c1-16-7-5(13)3-4(8(15)17-2)6(14-7)18-9(10,11)12/h3H,1-2H3. The molecular formula is C9H7F3INO4. The molecule has 0 N–H and O–H groups in total. The summed E-state index contributed by atoms with van der Waals surface area (Å²) < 4.78 is 49.6. The molecule has 0 amide bonds. The van der Waals surface area contributed by atoms with Gasteiger partial charge >= 0.3 is 12.3 Å². The highest BCUT2D eigenvalue weighted by Crippen LogP contribution is 2.30. The van der Waals surface area contributed by atoms with Gasteiger partial charge in [0.2, 0.25) is 11.8 Å². The summed E-state index contributed by atoms with van der Waals surface area (Å²) in [5, 5.41) is 0. The number of carbonyl (C=O) groups excluding carboxylic acids is 1. The first-order valence-corrected chi connectivity index (χ1v) is 5.45. The van der Waals surface area contributed by atoms with Gasteiger partial charge in [-0.3, -0.25) is 0 Å². The minimum atomic E-state index is -4.96. The van der Waals surface area contributed by atoms with Gasteiger partial charge in [0, 0.05) is 0 Å². The Hall–Kier alpha value is -1.26. The summed E-state index contributed by atoms with van der Waals surface area (Å²) in [6, 6.07) is 1.14. The largest absolute Gasteiger partial charge is 0.574 e. The van der Waals surface area contributed by atoms with Crippen molar-refractivity contribution in [3.05, 3.63) is 15.2 Å². The van der Waals surface area contributed by atoms with Crippen molar-refractivity contribution in [1.82, 2.24) is 4.98 Å². The van der Waals surface area contributed by atoms with E-state index in [2.05, 4.69) is 14.5 Å². The summed E-state index contributed by atoms with van der Waals surface area (Å²) in [5.74, 6) is -1.98. The third-order valence-corrected chi connectivity index (χ3v) is 2.49. The van der Waals surface area contributed by atoms with Gasteiger partial charge in [-0.1, -0.05) is 0 Å². The second-order valence-corrected chi connectivity index (χ2v) is 4.03. The van der Waals surface area contributed by atoms with E-state index in [4.69, 9.17) is 4.74 Å². The zero-order valence-electron chi connectivity index (χ0n) is 9.17. The number of methoxy groups -OCH3 is 2. The van der Waals surface area contributed by atoms with E-state index in [1.165, 1.54) is 7.11 Å². The second-order valence-electron chi connectivity index (χ2n) is 2.87. The maximum atomic E-state index is 12.2. The Kier molecular flexibility index (Phi) is 4.59. The lowest BCUT2D eigenvalue weighted by molar-refractivity contribution is -0.276. The van der Waals surface area contributed by atoms with Crippen LogP contribution in [0.4, 0.5) is 13.2 Å². The third-order valence-electron chi connectivity index (χ3n) is 1.72. The molecular weight excluding hydrogens is 370 g/mol. The van der Waals surface area contributed by atoms with E-state index in [0.717, 1.165) is 13.2 Å². The van der Waals surface area contributed by atoms with Gasteiger partial charge in [0.15, 0.2) is 0 Å². The first-order valence-electron chi connectivity index (χ1n) is 4.37. The van der Waals surface area contributed by atoms with Gasteiger partial charge in [-0.05, 0) is 28.7 Å². The first-order chi connectivity index (χ1) is 8.28. The normalized spacial score (nSPS) is 11.0. The van der Waals surface area contributed by atoms with E-state index in [-0.39, 0.29) is 5.88 Å². The molecule has 0 unspecified atom stereocenters. The van der Waals surface area contributed by atoms with Crippen molar-refractivity contribution in [3.8, 4) is 11.8 Å². The van der Waals surface area contributed by atoms with Crippen LogP contribution in [0.3, 0.4) is 0 Å².